The molecule has 0 aliphatic heterocycles. The van der Waals surface area contributed by atoms with Gasteiger partial charge in [0, 0.05) is 12.2 Å². The van der Waals surface area contributed by atoms with Crippen LogP contribution in [0.2, 0.25) is 0 Å². The van der Waals surface area contributed by atoms with Gasteiger partial charge in [0.2, 0.25) is 0 Å². The number of carbonyl (C=O) groups excluding carboxylic acids is 10. The molecule has 20 heteroatoms. The van der Waals surface area contributed by atoms with Gasteiger partial charge in [0.25, 0.3) is 0 Å². The molecule has 2 aromatic carbocycles. The van der Waals surface area contributed by atoms with Crippen LogP contribution in [0.5, 0.6) is 23.0 Å². The molecule has 3 saturated carbocycles. The predicted molar refractivity (Wildman–Crippen MR) is 257 cm³/mol. The van der Waals surface area contributed by atoms with Gasteiger partial charge in [-0.1, -0.05) is 13.2 Å². The van der Waals surface area contributed by atoms with Crippen molar-refractivity contribution in [2.75, 3.05) is 40.6 Å². The molecule has 0 radical (unpaired) electrons. The third kappa shape index (κ3) is 17.4. The Labute approximate surface area is 428 Å². The van der Waals surface area contributed by atoms with E-state index in [4.69, 9.17) is 47.4 Å². The second-order valence-corrected chi connectivity index (χ2v) is 18.1. The number of esters is 10. The maximum Gasteiger partial charge on any atom is 0.341 e. The van der Waals surface area contributed by atoms with Gasteiger partial charge in [-0.15, -0.1) is 0 Å². The first-order chi connectivity index (χ1) is 35.6. The van der Waals surface area contributed by atoms with Crippen molar-refractivity contribution in [1.29, 1.82) is 0 Å². The number of ether oxygens (including phenoxy) is 10. The van der Waals surface area contributed by atoms with Crippen LogP contribution >= 0.6 is 0 Å². The van der Waals surface area contributed by atoms with Gasteiger partial charge in [0.15, 0.2) is 0 Å². The third-order valence-corrected chi connectivity index (χ3v) is 13.1. The lowest BCUT2D eigenvalue weighted by Gasteiger charge is -2.26. The minimum atomic E-state index is -0.846. The van der Waals surface area contributed by atoms with Gasteiger partial charge in [0.05, 0.1) is 76.2 Å². The molecule has 3 fully saturated rings. The standard InChI is InChI=1S/C54H64O20/c1-5-45(55)67-27-7-9-29-69-47(57)33-11-15-35(16-12-33)49(59)71-39-23-25-43(41(31-39)53(63)65-3)73-51(61)37-19-21-38(22-20-37)52(62)74-44-26-24-40(32-42(44)54(64)66-4)72-50(60)36-17-13-34(14-18-36)48(58)70-30-10-8-28-68-46(56)6-2/h5-6,23-26,31-38H,1-2,7-22,27-30H2,3-4H3. The molecule has 0 N–H and O–H groups in total. The molecule has 74 heavy (non-hydrogen) atoms. The largest absolute Gasteiger partial charge is 0.465 e. The highest BCUT2D eigenvalue weighted by molar-refractivity contribution is 5.95. The molecule has 0 spiro atoms. The summed E-state index contributed by atoms with van der Waals surface area (Å²) in [7, 11) is 2.29. The van der Waals surface area contributed by atoms with E-state index in [1.807, 2.05) is 0 Å². The molecule has 3 aliphatic rings. The van der Waals surface area contributed by atoms with Crippen LogP contribution in [0.15, 0.2) is 61.7 Å². The lowest BCUT2D eigenvalue weighted by Crippen LogP contribution is -2.31. The van der Waals surface area contributed by atoms with Crippen LogP contribution < -0.4 is 18.9 Å². The van der Waals surface area contributed by atoms with E-state index >= 15 is 0 Å². The monoisotopic (exact) mass is 1030 g/mol. The second kappa shape index (κ2) is 29.4. The first kappa shape index (κ1) is 57.5. The Kier molecular flexibility index (Phi) is 22.8. The van der Waals surface area contributed by atoms with Crippen LogP contribution in [0.3, 0.4) is 0 Å². The van der Waals surface area contributed by atoms with Gasteiger partial charge >= 0.3 is 59.7 Å². The van der Waals surface area contributed by atoms with Crippen molar-refractivity contribution >= 4 is 59.7 Å². The predicted octanol–water partition coefficient (Wildman–Crippen LogP) is 7.11. The molecular formula is C54H64O20. The van der Waals surface area contributed by atoms with Crippen molar-refractivity contribution in [3.05, 3.63) is 72.8 Å². The fourth-order valence-corrected chi connectivity index (χ4v) is 8.79. The third-order valence-electron chi connectivity index (χ3n) is 13.1. The number of rotatable bonds is 24. The molecule has 0 unspecified atom stereocenters. The Morgan fingerprint density at radius 1 is 0.405 bits per heavy atom. The van der Waals surface area contributed by atoms with Gasteiger partial charge in [-0.25, -0.2) is 19.2 Å². The maximum atomic E-state index is 13.4. The van der Waals surface area contributed by atoms with Gasteiger partial charge in [0.1, 0.15) is 34.1 Å². The molecule has 0 heterocycles. The van der Waals surface area contributed by atoms with E-state index in [0.29, 0.717) is 77.0 Å². The number of carbonyl (C=O) groups is 10. The van der Waals surface area contributed by atoms with Crippen molar-refractivity contribution in [1.82, 2.24) is 0 Å². The number of unbranched alkanes of at least 4 members (excludes halogenated alkanes) is 2. The number of methoxy groups -OCH3 is 2. The Morgan fingerprint density at radius 2 is 0.676 bits per heavy atom. The zero-order valence-electron chi connectivity index (χ0n) is 41.8. The second-order valence-electron chi connectivity index (χ2n) is 18.1. The van der Waals surface area contributed by atoms with Crippen LogP contribution in [0.25, 0.3) is 0 Å². The summed E-state index contributed by atoms with van der Waals surface area (Å²) >= 11 is 0. The molecule has 20 nitrogen and oxygen atoms in total. The summed E-state index contributed by atoms with van der Waals surface area (Å²) < 4.78 is 52.9. The molecule has 0 saturated heterocycles. The molecular weight excluding hydrogens is 969 g/mol. The Bertz CT molecular complexity index is 2200. The van der Waals surface area contributed by atoms with Gasteiger partial charge in [-0.05, 0) is 139 Å². The Balaban J connectivity index is 1.05. The normalized spacial score (nSPS) is 20.2. The van der Waals surface area contributed by atoms with Crippen molar-refractivity contribution in [3.8, 4) is 23.0 Å². The SMILES string of the molecule is C=CC(=O)OCCCCOC(=O)C1CCC(C(=O)Oc2ccc(OC(=O)C3CCC(C(=O)Oc4ccc(OC(=O)C5CCC(C(=O)OCCCCOC(=O)C=C)CC5)cc4C(=O)OC)CC3)c(C(=O)OC)c2)CC1. The van der Waals surface area contributed by atoms with Crippen molar-refractivity contribution < 1.29 is 95.3 Å². The van der Waals surface area contributed by atoms with E-state index in [-0.39, 0.29) is 110 Å². The van der Waals surface area contributed by atoms with Gasteiger partial charge in [-0.3, -0.25) is 28.8 Å². The Morgan fingerprint density at radius 3 is 0.959 bits per heavy atom. The van der Waals surface area contributed by atoms with Crippen molar-refractivity contribution in [2.45, 2.75) is 103 Å². The summed E-state index contributed by atoms with van der Waals surface area (Å²) in [4.78, 5) is 126. The van der Waals surface area contributed by atoms with Crippen LogP contribution in [0.1, 0.15) is 123 Å². The smallest absolute Gasteiger partial charge is 0.341 e. The highest BCUT2D eigenvalue weighted by Crippen LogP contribution is 2.36. The van der Waals surface area contributed by atoms with Crippen LogP contribution in [0, 0.1) is 35.5 Å². The molecule has 0 amide bonds. The van der Waals surface area contributed by atoms with Crippen LogP contribution in [-0.4, -0.2) is 100 Å². The highest BCUT2D eigenvalue weighted by Gasteiger charge is 2.36. The molecule has 3 aliphatic carbocycles. The maximum absolute atomic E-state index is 13.4. The van der Waals surface area contributed by atoms with E-state index in [0.717, 1.165) is 26.4 Å². The fourth-order valence-electron chi connectivity index (χ4n) is 8.79. The number of hydrogen-bond donors (Lipinski definition) is 0. The molecule has 0 aromatic heterocycles. The topological polar surface area (TPSA) is 263 Å². The lowest BCUT2D eigenvalue weighted by molar-refractivity contribution is -0.152. The van der Waals surface area contributed by atoms with Crippen molar-refractivity contribution in [3.63, 3.8) is 0 Å². The quantitative estimate of drug-likeness (QED) is 0.0333. The summed E-state index contributed by atoms with van der Waals surface area (Å²) in [6.45, 7) is 7.41. The van der Waals surface area contributed by atoms with E-state index < -0.39 is 71.4 Å². The van der Waals surface area contributed by atoms with Crippen LogP contribution in [0.4, 0.5) is 0 Å². The highest BCUT2D eigenvalue weighted by atomic mass is 16.6. The number of benzene rings is 2. The van der Waals surface area contributed by atoms with Crippen molar-refractivity contribution in [2.24, 2.45) is 35.5 Å². The van der Waals surface area contributed by atoms with E-state index in [1.54, 1.807) is 0 Å². The molecule has 400 valence electrons. The van der Waals surface area contributed by atoms with E-state index in [9.17, 15) is 47.9 Å². The van der Waals surface area contributed by atoms with Crippen LogP contribution in [-0.2, 0) is 66.8 Å². The van der Waals surface area contributed by atoms with E-state index in [2.05, 4.69) is 13.2 Å². The summed E-state index contributed by atoms with van der Waals surface area (Å²) in [5.74, 6) is -9.08. The summed E-state index contributed by atoms with van der Waals surface area (Å²) in [5, 5.41) is 0. The average Bonchev–Trinajstić information content (AvgIpc) is 3.42. The number of hydrogen-bond acceptors (Lipinski definition) is 20. The Hall–Kier alpha value is -7.38. The van der Waals surface area contributed by atoms with Gasteiger partial charge < -0.3 is 47.4 Å². The zero-order chi connectivity index (χ0) is 53.6. The minimum absolute atomic E-state index is 0.0211. The van der Waals surface area contributed by atoms with Gasteiger partial charge in [-0.2, -0.15) is 0 Å². The summed E-state index contributed by atoms with van der Waals surface area (Å²) in [5.41, 5.74) is -0.317. The molecule has 5 rings (SSSR count). The lowest BCUT2D eigenvalue weighted by atomic mass is 9.82. The first-order valence-corrected chi connectivity index (χ1v) is 24.9. The first-order valence-electron chi connectivity index (χ1n) is 24.9. The average molecular weight is 1030 g/mol. The molecule has 2 aromatic rings. The fraction of sp³-hybridized carbons (Fsp3) is 0.519. The van der Waals surface area contributed by atoms with E-state index in [1.165, 1.54) is 36.4 Å². The zero-order valence-corrected chi connectivity index (χ0v) is 41.8. The summed E-state index contributed by atoms with van der Waals surface area (Å²) in [6.07, 6.45) is 8.37. The molecule has 0 atom stereocenters. The minimum Gasteiger partial charge on any atom is -0.465 e. The summed E-state index contributed by atoms with van der Waals surface area (Å²) in [6, 6.07) is 7.90. The molecule has 0 bridgehead atoms.